The molecule has 5 heteroatoms. The van der Waals surface area contributed by atoms with Gasteiger partial charge in [0, 0.05) is 42.6 Å². The molecule has 5 nitrogen and oxygen atoms in total. The summed E-state index contributed by atoms with van der Waals surface area (Å²) in [5.74, 6) is 0.480. The Hall–Kier alpha value is -2.14. The summed E-state index contributed by atoms with van der Waals surface area (Å²) in [4.78, 5) is 31.3. The highest BCUT2D eigenvalue weighted by Gasteiger charge is 2.67. The van der Waals surface area contributed by atoms with Crippen LogP contribution in [0.4, 0.5) is 0 Å². The molecule has 1 aliphatic heterocycles. The highest BCUT2D eigenvalue weighted by atomic mass is 16.3. The summed E-state index contributed by atoms with van der Waals surface area (Å²) in [7, 11) is 2.15. The van der Waals surface area contributed by atoms with Crippen LogP contribution < -0.4 is 0 Å². The Morgan fingerprint density at radius 1 is 0.923 bits per heavy atom. The number of carbonyl (C=O) groups is 2. The van der Waals surface area contributed by atoms with E-state index >= 15 is 0 Å². The average molecular weight is 533 g/mol. The van der Waals surface area contributed by atoms with Crippen LogP contribution in [0.25, 0.3) is 0 Å². The average Bonchev–Trinajstić information content (AvgIpc) is 2.90. The third kappa shape index (κ3) is 3.53. The van der Waals surface area contributed by atoms with Crippen molar-refractivity contribution in [2.75, 3.05) is 33.2 Å². The number of hydrogen-bond acceptors (Lipinski definition) is 4. The van der Waals surface area contributed by atoms with Gasteiger partial charge in [0.15, 0.2) is 5.76 Å². The number of allylic oxidation sites excluding steroid dienone is 7. The normalized spacial score (nSPS) is 44.4. The van der Waals surface area contributed by atoms with Gasteiger partial charge < -0.3 is 14.9 Å². The second-order valence-electron chi connectivity index (χ2n) is 15.2. The number of hydrogen-bond donors (Lipinski definition) is 1. The van der Waals surface area contributed by atoms with Crippen molar-refractivity contribution < 1.29 is 14.7 Å². The number of likely N-dealkylation sites (N-methyl/N-ethyl adjacent to an activating group) is 1. The first-order chi connectivity index (χ1) is 18.2. The van der Waals surface area contributed by atoms with Gasteiger partial charge in [-0.25, -0.2) is 0 Å². The van der Waals surface area contributed by atoms with E-state index in [1.54, 1.807) is 6.08 Å². The van der Waals surface area contributed by atoms with Gasteiger partial charge in [0.05, 0.1) is 0 Å². The molecule has 212 valence electrons. The highest BCUT2D eigenvalue weighted by molar-refractivity contribution is 6.06. The van der Waals surface area contributed by atoms with Crippen molar-refractivity contribution in [1.82, 2.24) is 9.80 Å². The van der Waals surface area contributed by atoms with Crippen molar-refractivity contribution in [2.24, 2.45) is 33.0 Å². The van der Waals surface area contributed by atoms with Crippen LogP contribution in [0.3, 0.4) is 0 Å². The first-order valence-corrected chi connectivity index (χ1v) is 15.3. The summed E-state index contributed by atoms with van der Waals surface area (Å²) >= 11 is 0. The van der Waals surface area contributed by atoms with E-state index in [9.17, 15) is 14.7 Å². The summed E-state index contributed by atoms with van der Waals surface area (Å²) in [6.07, 6.45) is 13.7. The van der Waals surface area contributed by atoms with Gasteiger partial charge in [-0.15, -0.1) is 0 Å². The lowest BCUT2D eigenvalue weighted by molar-refractivity contribution is -0.175. The fourth-order valence-corrected chi connectivity index (χ4v) is 10.0. The van der Waals surface area contributed by atoms with Crippen molar-refractivity contribution >= 4 is 11.7 Å². The third-order valence-corrected chi connectivity index (χ3v) is 13.2. The molecule has 1 N–H and O–H groups in total. The molecule has 0 spiro atoms. The highest BCUT2D eigenvalue weighted by Crippen LogP contribution is 2.75. The summed E-state index contributed by atoms with van der Waals surface area (Å²) < 4.78 is 0. The van der Waals surface area contributed by atoms with Gasteiger partial charge in [0.1, 0.15) is 0 Å². The molecule has 0 unspecified atom stereocenters. The number of fused-ring (bicyclic) bond motifs is 7. The molecular weight excluding hydrogens is 484 g/mol. The Balaban J connectivity index is 1.38. The maximum absolute atomic E-state index is 14.1. The first kappa shape index (κ1) is 27.1. The molecular formula is C34H48N2O3. The maximum atomic E-state index is 14.1. The molecule has 4 fully saturated rings. The lowest BCUT2D eigenvalue weighted by atomic mass is 9.34. The summed E-state index contributed by atoms with van der Waals surface area (Å²) in [6.45, 7) is 17.6. The zero-order valence-electron chi connectivity index (χ0n) is 25.2. The van der Waals surface area contributed by atoms with Crippen molar-refractivity contribution in [3.63, 3.8) is 0 Å². The van der Waals surface area contributed by atoms with Crippen LogP contribution in [0.5, 0.6) is 0 Å². The van der Waals surface area contributed by atoms with Crippen LogP contribution in [0.2, 0.25) is 0 Å². The maximum Gasteiger partial charge on any atom is 0.228 e. The van der Waals surface area contributed by atoms with E-state index < -0.39 is 0 Å². The monoisotopic (exact) mass is 532 g/mol. The quantitative estimate of drug-likeness (QED) is 0.425. The summed E-state index contributed by atoms with van der Waals surface area (Å²) in [5, 5.41) is 10.4. The molecule has 1 amide bonds. The van der Waals surface area contributed by atoms with Crippen LogP contribution in [-0.4, -0.2) is 59.8 Å². The number of carbonyl (C=O) groups excluding carboxylic acids is 2. The van der Waals surface area contributed by atoms with Crippen molar-refractivity contribution in [3.05, 3.63) is 46.3 Å². The van der Waals surface area contributed by atoms with Crippen LogP contribution >= 0.6 is 0 Å². The molecule has 6 rings (SSSR count). The predicted octanol–water partition coefficient (Wildman–Crippen LogP) is 6.39. The van der Waals surface area contributed by atoms with Crippen molar-refractivity contribution in [3.8, 4) is 0 Å². The van der Waals surface area contributed by atoms with Crippen LogP contribution in [0.1, 0.15) is 86.5 Å². The van der Waals surface area contributed by atoms with Gasteiger partial charge in [-0.05, 0) is 98.3 Å². The fraction of sp³-hybridized carbons (Fsp3) is 0.706. The van der Waals surface area contributed by atoms with Crippen LogP contribution in [0, 0.1) is 33.0 Å². The third-order valence-electron chi connectivity index (χ3n) is 13.2. The minimum Gasteiger partial charge on any atom is -0.504 e. The van der Waals surface area contributed by atoms with Gasteiger partial charge in [-0.3, -0.25) is 9.59 Å². The van der Waals surface area contributed by atoms with E-state index in [0.717, 1.165) is 75.9 Å². The Morgan fingerprint density at radius 2 is 1.59 bits per heavy atom. The number of amides is 1. The van der Waals surface area contributed by atoms with Crippen molar-refractivity contribution in [1.29, 1.82) is 0 Å². The molecule has 0 aromatic carbocycles. The van der Waals surface area contributed by atoms with E-state index in [-0.39, 0.29) is 38.6 Å². The molecule has 39 heavy (non-hydrogen) atoms. The topological polar surface area (TPSA) is 60.9 Å². The number of aliphatic hydroxyl groups excluding tert-OH is 1. The SMILES string of the molecule is CC1=C(O)C(=O)C=C2C1=CC=C1[C@@]2(C)CC[C@@]2(C)[C@@H]3C[C@](C)(C(=O)N4CCN(C)CC4)CC[C@]3(C)CC[C@]12C. The molecule has 6 atom stereocenters. The molecule has 1 saturated heterocycles. The van der Waals surface area contributed by atoms with Crippen LogP contribution in [0.15, 0.2) is 46.3 Å². The molecule has 6 aliphatic rings. The van der Waals surface area contributed by atoms with E-state index in [2.05, 4.69) is 63.6 Å². The fourth-order valence-electron chi connectivity index (χ4n) is 10.0. The standard InChI is InChI=1S/C34H48N2O3/c1-22-23-8-9-26-32(4,24(23)20-25(37)28(22)38)13-15-34(6)27-21-31(3,29(39)36-18-16-35(7)17-19-36)11-10-30(27,2)12-14-33(26,34)5/h8-9,20,27,38H,10-19,21H2,1-7H3/t27-,30-,31-,32+,33-,34+/m1/s1. The minimum absolute atomic E-state index is 0.0116. The molecule has 1 heterocycles. The molecule has 3 saturated carbocycles. The van der Waals surface area contributed by atoms with Gasteiger partial charge in [-0.2, -0.15) is 0 Å². The smallest absolute Gasteiger partial charge is 0.228 e. The number of nitrogens with zero attached hydrogens (tertiary/aromatic N) is 2. The predicted molar refractivity (Wildman–Crippen MR) is 155 cm³/mol. The van der Waals surface area contributed by atoms with Crippen molar-refractivity contribution in [2.45, 2.75) is 86.5 Å². The van der Waals surface area contributed by atoms with Gasteiger partial charge in [-0.1, -0.05) is 52.3 Å². The lowest BCUT2D eigenvalue weighted by Crippen LogP contribution is -2.63. The Morgan fingerprint density at radius 3 is 2.28 bits per heavy atom. The zero-order valence-corrected chi connectivity index (χ0v) is 25.2. The summed E-state index contributed by atoms with van der Waals surface area (Å²) in [5.41, 5.74) is 4.09. The molecule has 0 bridgehead atoms. The number of ketones is 1. The number of rotatable bonds is 1. The van der Waals surface area contributed by atoms with E-state index in [1.165, 1.54) is 12.0 Å². The van der Waals surface area contributed by atoms with E-state index in [4.69, 9.17) is 0 Å². The Labute approximate surface area is 235 Å². The first-order valence-electron chi connectivity index (χ1n) is 15.3. The van der Waals surface area contributed by atoms with Gasteiger partial charge in [0.25, 0.3) is 0 Å². The van der Waals surface area contributed by atoms with E-state index in [1.807, 2.05) is 6.92 Å². The zero-order chi connectivity index (χ0) is 28.2. The molecule has 0 aromatic heterocycles. The second kappa shape index (κ2) is 8.44. The molecule has 0 aromatic rings. The number of piperazine rings is 1. The molecule has 0 radical (unpaired) electrons. The lowest BCUT2D eigenvalue weighted by Gasteiger charge is -2.70. The van der Waals surface area contributed by atoms with Gasteiger partial charge >= 0.3 is 0 Å². The number of aliphatic hydroxyl groups is 1. The largest absolute Gasteiger partial charge is 0.504 e. The Bertz CT molecular complexity index is 1260. The molecule has 5 aliphatic carbocycles. The summed E-state index contributed by atoms with van der Waals surface area (Å²) in [6, 6.07) is 0. The van der Waals surface area contributed by atoms with Crippen LogP contribution in [-0.2, 0) is 9.59 Å². The second-order valence-corrected chi connectivity index (χ2v) is 15.2. The van der Waals surface area contributed by atoms with E-state index in [0.29, 0.717) is 17.4 Å². The minimum atomic E-state index is -0.298. The Kier molecular flexibility index (Phi) is 5.85. The van der Waals surface area contributed by atoms with Gasteiger partial charge in [0.2, 0.25) is 11.7 Å².